The van der Waals surface area contributed by atoms with Gasteiger partial charge in [0.05, 0.1) is 5.69 Å². The van der Waals surface area contributed by atoms with Gasteiger partial charge >= 0.3 is 0 Å². The zero-order valence-electron chi connectivity index (χ0n) is 33.8. The summed E-state index contributed by atoms with van der Waals surface area (Å²) in [7, 11) is 0. The lowest BCUT2D eigenvalue weighted by Gasteiger charge is -2.29. The van der Waals surface area contributed by atoms with Crippen molar-refractivity contribution in [3.8, 4) is 0 Å². The average Bonchev–Trinajstić information content (AvgIpc) is 3.22. The Balaban J connectivity index is 1.29. The Morgan fingerprint density at radius 1 is 0.351 bits per heavy atom. The van der Waals surface area contributed by atoms with Crippen molar-refractivity contribution in [3.63, 3.8) is 0 Å². The summed E-state index contributed by atoms with van der Waals surface area (Å²) in [6.45, 7) is 13.1. The van der Waals surface area contributed by atoms with Gasteiger partial charge in [-0.25, -0.2) is 0 Å². The molecule has 0 aliphatic heterocycles. The highest BCUT2D eigenvalue weighted by molar-refractivity contribution is 6.03. The van der Waals surface area contributed by atoms with Crippen molar-refractivity contribution in [2.45, 2.75) is 41.5 Å². The minimum atomic E-state index is 1.12. The van der Waals surface area contributed by atoms with E-state index in [4.69, 9.17) is 0 Å². The quantitative estimate of drug-likeness (QED) is 0.133. The first-order chi connectivity index (χ1) is 27.7. The topological polar surface area (TPSA) is 3.24 Å². The van der Waals surface area contributed by atoms with Gasteiger partial charge in [0.15, 0.2) is 0 Å². The number of hydrogen-bond donors (Lipinski definition) is 0. The molecule has 0 heterocycles. The van der Waals surface area contributed by atoms with E-state index in [-0.39, 0.29) is 0 Å². The maximum Gasteiger partial charge on any atom is 0.0543 e. The smallest absolute Gasteiger partial charge is 0.0543 e. The van der Waals surface area contributed by atoms with Crippen molar-refractivity contribution in [1.29, 1.82) is 0 Å². The van der Waals surface area contributed by atoms with E-state index in [2.05, 4.69) is 235 Å². The van der Waals surface area contributed by atoms with E-state index in [0.717, 1.165) is 11.3 Å². The van der Waals surface area contributed by atoms with Crippen LogP contribution < -0.4 is 4.90 Å². The first kappa shape index (κ1) is 37.2. The first-order valence-electron chi connectivity index (χ1n) is 19.9. The highest BCUT2D eigenvalue weighted by Gasteiger charge is 2.19. The molecule has 8 rings (SSSR count). The lowest BCUT2D eigenvalue weighted by Crippen LogP contribution is -2.12. The van der Waals surface area contributed by atoms with Crippen LogP contribution in [0.25, 0.3) is 34.1 Å². The summed E-state index contributed by atoms with van der Waals surface area (Å²) >= 11 is 0. The minimum absolute atomic E-state index is 1.12. The van der Waals surface area contributed by atoms with Crippen LogP contribution >= 0.6 is 0 Å². The molecule has 0 fully saturated rings. The van der Waals surface area contributed by atoms with Crippen molar-refractivity contribution in [3.05, 3.63) is 243 Å². The Labute approximate surface area is 338 Å². The zero-order valence-corrected chi connectivity index (χ0v) is 33.8. The van der Waals surface area contributed by atoms with Crippen LogP contribution in [-0.2, 0) is 0 Å². The van der Waals surface area contributed by atoms with E-state index in [1.807, 2.05) is 0 Å². The predicted octanol–water partition coefficient (Wildman–Crippen LogP) is 15.3. The molecular formula is C56H49N. The Morgan fingerprint density at radius 3 is 1.40 bits per heavy atom. The van der Waals surface area contributed by atoms with Crippen LogP contribution in [0.15, 0.2) is 176 Å². The fourth-order valence-corrected chi connectivity index (χ4v) is 7.95. The van der Waals surface area contributed by atoms with E-state index in [1.165, 1.54) is 94.5 Å². The van der Waals surface area contributed by atoms with Gasteiger partial charge in [-0.05, 0) is 151 Å². The highest BCUT2D eigenvalue weighted by atomic mass is 15.1. The molecule has 8 aromatic carbocycles. The van der Waals surface area contributed by atoms with Crippen LogP contribution in [0.4, 0.5) is 17.1 Å². The third kappa shape index (κ3) is 8.15. The lowest BCUT2D eigenvalue weighted by molar-refractivity contribution is 1.24. The summed E-state index contributed by atoms with van der Waals surface area (Å²) in [4.78, 5) is 2.46. The van der Waals surface area contributed by atoms with Gasteiger partial charge in [-0.1, -0.05) is 162 Å². The normalized spacial score (nSPS) is 11.0. The van der Waals surface area contributed by atoms with Crippen LogP contribution in [0.1, 0.15) is 66.8 Å². The molecule has 0 atom stereocenters. The van der Waals surface area contributed by atoms with E-state index < -0.39 is 0 Å². The van der Waals surface area contributed by atoms with Gasteiger partial charge in [0.25, 0.3) is 0 Å². The zero-order chi connectivity index (χ0) is 39.5. The van der Waals surface area contributed by atoms with Gasteiger partial charge in [0.1, 0.15) is 0 Å². The maximum atomic E-state index is 2.46. The van der Waals surface area contributed by atoms with Gasteiger partial charge in [-0.15, -0.1) is 0 Å². The molecule has 8 aromatic rings. The number of aryl methyl sites for hydroxylation is 6. The Kier molecular flexibility index (Phi) is 10.6. The molecule has 0 unspecified atom stereocenters. The molecule has 0 aliphatic rings. The number of fused-ring (bicyclic) bond motifs is 1. The molecule has 0 aliphatic carbocycles. The fourth-order valence-electron chi connectivity index (χ4n) is 7.95. The minimum Gasteiger partial charge on any atom is -0.310 e. The summed E-state index contributed by atoms with van der Waals surface area (Å²) in [6.07, 6.45) is 4.67. The first-order valence-corrected chi connectivity index (χ1v) is 19.9. The van der Waals surface area contributed by atoms with Crippen molar-refractivity contribution in [2.75, 3.05) is 4.90 Å². The standard InChI is InChI=1S/C56H49N/c1-38-17-24-48(25-18-38)52(49-26-19-39(2)20-27-49)35-44-22-28-50(29-23-44)57(55-30-21-40(3)31-43(55)6)56-33-41(4)32-51-42(5)34-45(37-54(51)56)36-53(46-13-9-7-10-14-46)47-15-11-8-12-16-47/h7-37H,1-6H3. The van der Waals surface area contributed by atoms with Gasteiger partial charge in [0, 0.05) is 16.8 Å². The number of anilines is 3. The summed E-state index contributed by atoms with van der Waals surface area (Å²) < 4.78 is 0. The lowest BCUT2D eigenvalue weighted by atomic mass is 9.92. The van der Waals surface area contributed by atoms with E-state index >= 15 is 0 Å². The summed E-state index contributed by atoms with van der Waals surface area (Å²) in [6, 6.07) is 64.4. The molecule has 1 nitrogen and oxygen atoms in total. The molecule has 0 amide bonds. The predicted molar refractivity (Wildman–Crippen MR) is 247 cm³/mol. The Hall–Kier alpha value is -6.70. The number of hydrogen-bond acceptors (Lipinski definition) is 1. The SMILES string of the molecule is Cc1ccc(C(=Cc2ccc(N(c3ccc(C)cc3C)c3cc(C)cc4c(C)cc(C=C(c5ccccc5)c5ccccc5)cc34)cc2)c2ccc(C)cc2)cc1. The van der Waals surface area contributed by atoms with E-state index in [9.17, 15) is 0 Å². The molecule has 0 radical (unpaired) electrons. The van der Waals surface area contributed by atoms with Crippen LogP contribution in [-0.4, -0.2) is 0 Å². The van der Waals surface area contributed by atoms with Crippen LogP contribution in [0.2, 0.25) is 0 Å². The second-order valence-corrected chi connectivity index (χ2v) is 15.5. The molecule has 0 N–H and O–H groups in total. The van der Waals surface area contributed by atoms with Crippen LogP contribution in [0.3, 0.4) is 0 Å². The molecule has 0 saturated carbocycles. The van der Waals surface area contributed by atoms with E-state index in [1.54, 1.807) is 0 Å². The van der Waals surface area contributed by atoms with Crippen molar-refractivity contribution in [1.82, 2.24) is 0 Å². The maximum absolute atomic E-state index is 2.46. The van der Waals surface area contributed by atoms with Crippen LogP contribution in [0, 0.1) is 41.5 Å². The highest BCUT2D eigenvalue weighted by Crippen LogP contribution is 2.43. The fraction of sp³-hybridized carbons (Fsp3) is 0.107. The van der Waals surface area contributed by atoms with E-state index in [0.29, 0.717) is 0 Å². The molecular weight excluding hydrogens is 687 g/mol. The number of nitrogens with zero attached hydrogens (tertiary/aromatic N) is 1. The Bertz CT molecular complexity index is 2640. The van der Waals surface area contributed by atoms with Gasteiger partial charge in [-0.2, -0.15) is 0 Å². The summed E-state index contributed by atoms with van der Waals surface area (Å²) in [5, 5.41) is 2.48. The molecule has 278 valence electrons. The monoisotopic (exact) mass is 735 g/mol. The molecule has 1 heteroatoms. The van der Waals surface area contributed by atoms with Crippen molar-refractivity contribution >= 4 is 51.1 Å². The summed E-state index contributed by atoms with van der Waals surface area (Å²) in [5.74, 6) is 0. The molecule has 57 heavy (non-hydrogen) atoms. The molecule has 0 aromatic heterocycles. The van der Waals surface area contributed by atoms with Crippen molar-refractivity contribution < 1.29 is 0 Å². The molecule has 0 bridgehead atoms. The summed E-state index contributed by atoms with van der Waals surface area (Å²) in [5.41, 5.74) is 20.5. The number of benzene rings is 8. The number of rotatable bonds is 9. The third-order valence-corrected chi connectivity index (χ3v) is 10.9. The van der Waals surface area contributed by atoms with Gasteiger partial charge < -0.3 is 4.90 Å². The average molecular weight is 736 g/mol. The van der Waals surface area contributed by atoms with Crippen molar-refractivity contribution in [2.24, 2.45) is 0 Å². The largest absolute Gasteiger partial charge is 0.310 e. The van der Waals surface area contributed by atoms with Gasteiger partial charge in [-0.3, -0.25) is 0 Å². The third-order valence-electron chi connectivity index (χ3n) is 10.9. The van der Waals surface area contributed by atoms with Gasteiger partial charge in [0.2, 0.25) is 0 Å². The second kappa shape index (κ2) is 16.2. The Morgan fingerprint density at radius 2 is 0.860 bits per heavy atom. The molecule has 0 spiro atoms. The van der Waals surface area contributed by atoms with Crippen LogP contribution in [0.5, 0.6) is 0 Å². The second-order valence-electron chi connectivity index (χ2n) is 15.5. The molecule has 0 saturated heterocycles.